The second-order valence-corrected chi connectivity index (χ2v) is 6.71. The fourth-order valence-corrected chi connectivity index (χ4v) is 2.66. The molecule has 0 bridgehead atoms. The lowest BCUT2D eigenvalue weighted by atomic mass is 10.2. The third-order valence-corrected chi connectivity index (χ3v) is 4.25. The first kappa shape index (κ1) is 18.8. The van der Waals surface area contributed by atoms with Gasteiger partial charge in [0, 0.05) is 15.7 Å². The van der Waals surface area contributed by atoms with Crippen LogP contribution in [0.4, 0.5) is 15.8 Å². The molecule has 0 unspecified atom stereocenters. The maximum Gasteiger partial charge on any atom is 0.275 e. The number of rotatable bonds is 5. The largest absolute Gasteiger partial charge is 0.457 e. The van der Waals surface area contributed by atoms with E-state index >= 15 is 0 Å². The van der Waals surface area contributed by atoms with Crippen molar-refractivity contribution in [1.82, 2.24) is 0 Å². The van der Waals surface area contributed by atoms with Crippen LogP contribution < -0.4 is 10.1 Å². The second kappa shape index (κ2) is 8.12. The first-order valence-electron chi connectivity index (χ1n) is 7.71. The highest BCUT2D eigenvalue weighted by Gasteiger charge is 2.15. The lowest BCUT2D eigenvalue weighted by molar-refractivity contribution is -0.384. The Kier molecular flexibility index (Phi) is 5.65. The Bertz CT molecular complexity index is 1010. The van der Waals surface area contributed by atoms with Crippen molar-refractivity contribution in [3.8, 4) is 11.5 Å². The van der Waals surface area contributed by atoms with Crippen LogP contribution in [0.5, 0.6) is 11.5 Å². The van der Waals surface area contributed by atoms with Crippen LogP contribution in [-0.2, 0) is 0 Å². The monoisotopic (exact) mass is 478 g/mol. The average molecular weight is 478 g/mol. The molecule has 0 aliphatic heterocycles. The third kappa shape index (κ3) is 4.79. The normalized spacial score (nSPS) is 10.3. The fourth-order valence-electron chi connectivity index (χ4n) is 2.30. The van der Waals surface area contributed by atoms with E-state index < -0.39 is 16.6 Å². The van der Waals surface area contributed by atoms with Gasteiger partial charge in [-0.1, -0.05) is 12.1 Å². The van der Waals surface area contributed by atoms with Crippen LogP contribution in [0.2, 0.25) is 0 Å². The van der Waals surface area contributed by atoms with Crippen LogP contribution in [0.1, 0.15) is 10.4 Å². The van der Waals surface area contributed by atoms with Gasteiger partial charge in [-0.15, -0.1) is 0 Å². The van der Waals surface area contributed by atoms with E-state index in [1.54, 1.807) is 12.1 Å². The lowest BCUT2D eigenvalue weighted by Crippen LogP contribution is -2.13. The summed E-state index contributed by atoms with van der Waals surface area (Å²) in [6.45, 7) is 0. The zero-order chi connectivity index (χ0) is 19.4. The molecule has 6 nitrogen and oxygen atoms in total. The summed E-state index contributed by atoms with van der Waals surface area (Å²) in [6, 6.07) is 16.4. The topological polar surface area (TPSA) is 81.5 Å². The molecule has 0 aromatic heterocycles. The number of carbonyl (C=O) groups is 1. The van der Waals surface area contributed by atoms with Crippen LogP contribution >= 0.6 is 22.6 Å². The Morgan fingerprint density at radius 3 is 2.41 bits per heavy atom. The number of nitrogens with zero attached hydrogens (tertiary/aromatic N) is 1. The average Bonchev–Trinajstić information content (AvgIpc) is 2.63. The molecule has 0 aliphatic rings. The molecule has 0 heterocycles. The molecule has 1 N–H and O–H groups in total. The molecule has 3 aromatic carbocycles. The van der Waals surface area contributed by atoms with Gasteiger partial charge in [-0.2, -0.15) is 0 Å². The Balaban J connectivity index is 1.89. The summed E-state index contributed by atoms with van der Waals surface area (Å²) in [5.41, 5.74) is -0.302. The molecule has 8 heteroatoms. The summed E-state index contributed by atoms with van der Waals surface area (Å²) in [4.78, 5) is 22.9. The standard InChI is InChI=1S/C19H12FIN2O4/c20-18-4-2-1-3-17(18)19(24)22-13-9-14(23(25)26)11-16(10-13)27-15-7-5-12(21)6-8-15/h1-11H,(H,22,24). The van der Waals surface area contributed by atoms with E-state index in [1.807, 2.05) is 12.1 Å². The molecule has 27 heavy (non-hydrogen) atoms. The number of hydrogen-bond acceptors (Lipinski definition) is 4. The predicted octanol–water partition coefficient (Wildman–Crippen LogP) is 5.38. The molecular formula is C19H12FIN2O4. The van der Waals surface area contributed by atoms with Crippen LogP contribution in [-0.4, -0.2) is 10.8 Å². The van der Waals surface area contributed by atoms with Gasteiger partial charge in [0.2, 0.25) is 0 Å². The summed E-state index contributed by atoms with van der Waals surface area (Å²) in [6.07, 6.45) is 0. The number of carbonyl (C=O) groups excluding carboxylic acids is 1. The van der Waals surface area contributed by atoms with E-state index in [-0.39, 0.29) is 22.7 Å². The maximum atomic E-state index is 13.8. The smallest absolute Gasteiger partial charge is 0.275 e. The van der Waals surface area contributed by atoms with Crippen LogP contribution in [0.3, 0.4) is 0 Å². The number of nitro groups is 1. The molecule has 0 saturated heterocycles. The zero-order valence-corrected chi connectivity index (χ0v) is 15.8. The number of amides is 1. The Labute approximate surface area is 167 Å². The highest BCUT2D eigenvalue weighted by Crippen LogP contribution is 2.30. The van der Waals surface area contributed by atoms with Crippen molar-refractivity contribution < 1.29 is 18.8 Å². The SMILES string of the molecule is O=C(Nc1cc(Oc2ccc(I)cc2)cc([N+](=O)[O-])c1)c1ccccc1F. The molecule has 3 aromatic rings. The van der Waals surface area contributed by atoms with E-state index in [0.717, 1.165) is 9.64 Å². The van der Waals surface area contributed by atoms with Gasteiger partial charge < -0.3 is 10.1 Å². The molecular weight excluding hydrogens is 466 g/mol. The summed E-state index contributed by atoms with van der Waals surface area (Å²) < 4.78 is 20.4. The number of halogens is 2. The number of nitrogens with one attached hydrogen (secondary N) is 1. The first-order valence-corrected chi connectivity index (χ1v) is 8.79. The summed E-state index contributed by atoms with van der Waals surface area (Å²) in [5, 5.41) is 13.7. The van der Waals surface area contributed by atoms with Gasteiger partial charge in [-0.25, -0.2) is 4.39 Å². The van der Waals surface area contributed by atoms with Crippen molar-refractivity contribution in [3.05, 3.63) is 91.8 Å². The summed E-state index contributed by atoms with van der Waals surface area (Å²) >= 11 is 2.15. The number of hydrogen-bond donors (Lipinski definition) is 1. The van der Waals surface area contributed by atoms with Gasteiger partial charge in [0.15, 0.2) is 0 Å². The van der Waals surface area contributed by atoms with Crippen LogP contribution in [0.25, 0.3) is 0 Å². The molecule has 1 amide bonds. The van der Waals surface area contributed by atoms with Gasteiger partial charge in [-0.05, 0) is 59.0 Å². The number of non-ortho nitro benzene ring substituents is 1. The highest BCUT2D eigenvalue weighted by molar-refractivity contribution is 14.1. The Hall–Kier alpha value is -3.01. The van der Waals surface area contributed by atoms with Gasteiger partial charge >= 0.3 is 0 Å². The first-order chi connectivity index (χ1) is 12.9. The number of benzene rings is 3. The minimum atomic E-state index is -0.714. The molecule has 0 saturated carbocycles. The molecule has 0 aliphatic carbocycles. The van der Waals surface area contributed by atoms with E-state index in [9.17, 15) is 19.3 Å². The quantitative estimate of drug-likeness (QED) is 0.303. The molecule has 136 valence electrons. The molecule has 0 radical (unpaired) electrons. The maximum absolute atomic E-state index is 13.8. The molecule has 0 atom stereocenters. The van der Waals surface area contributed by atoms with Crippen molar-refractivity contribution >= 4 is 39.9 Å². The second-order valence-electron chi connectivity index (χ2n) is 5.46. The third-order valence-electron chi connectivity index (χ3n) is 3.53. The fraction of sp³-hybridized carbons (Fsp3) is 0. The van der Waals surface area contributed by atoms with Crippen molar-refractivity contribution in [1.29, 1.82) is 0 Å². The van der Waals surface area contributed by atoms with E-state index in [2.05, 4.69) is 27.9 Å². The van der Waals surface area contributed by atoms with Crippen LogP contribution in [0.15, 0.2) is 66.7 Å². The Morgan fingerprint density at radius 1 is 1.04 bits per heavy atom. The zero-order valence-electron chi connectivity index (χ0n) is 13.7. The highest BCUT2D eigenvalue weighted by atomic mass is 127. The van der Waals surface area contributed by atoms with Crippen molar-refractivity contribution in [2.24, 2.45) is 0 Å². The number of anilines is 1. The molecule has 3 rings (SSSR count). The van der Waals surface area contributed by atoms with E-state index in [4.69, 9.17) is 4.74 Å². The van der Waals surface area contributed by atoms with Gasteiger partial charge in [0.25, 0.3) is 11.6 Å². The van der Waals surface area contributed by atoms with Crippen molar-refractivity contribution in [3.63, 3.8) is 0 Å². The lowest BCUT2D eigenvalue weighted by Gasteiger charge is -2.10. The van der Waals surface area contributed by atoms with Crippen LogP contribution in [0, 0.1) is 19.5 Å². The van der Waals surface area contributed by atoms with Gasteiger partial charge in [0.05, 0.1) is 22.2 Å². The van der Waals surface area contributed by atoms with Gasteiger partial charge in [-0.3, -0.25) is 14.9 Å². The minimum Gasteiger partial charge on any atom is -0.457 e. The molecule has 0 fully saturated rings. The van der Waals surface area contributed by atoms with Gasteiger partial charge in [0.1, 0.15) is 17.3 Å². The Morgan fingerprint density at radius 2 is 1.74 bits per heavy atom. The summed E-state index contributed by atoms with van der Waals surface area (Å²) in [5.74, 6) is -0.735. The number of nitro benzene ring substituents is 1. The van der Waals surface area contributed by atoms with E-state index in [1.165, 1.54) is 36.4 Å². The van der Waals surface area contributed by atoms with Crippen molar-refractivity contribution in [2.75, 3.05) is 5.32 Å². The van der Waals surface area contributed by atoms with E-state index in [0.29, 0.717) is 5.75 Å². The summed E-state index contributed by atoms with van der Waals surface area (Å²) in [7, 11) is 0. The van der Waals surface area contributed by atoms with Crippen molar-refractivity contribution in [2.45, 2.75) is 0 Å². The minimum absolute atomic E-state index is 0.123. The molecule has 0 spiro atoms. The predicted molar refractivity (Wildman–Crippen MR) is 107 cm³/mol. The number of ether oxygens (including phenoxy) is 1.